The minimum absolute atomic E-state index is 0.119. The van der Waals surface area contributed by atoms with E-state index in [9.17, 15) is 0 Å². The van der Waals surface area contributed by atoms with Crippen LogP contribution >= 0.6 is 23.4 Å². The Morgan fingerprint density at radius 1 is 1.44 bits per heavy atom. The summed E-state index contributed by atoms with van der Waals surface area (Å²) >= 11 is 8.17. The zero-order chi connectivity index (χ0) is 13.9. The molecule has 0 amide bonds. The van der Waals surface area contributed by atoms with E-state index in [1.807, 2.05) is 23.4 Å². The number of halogens is 1. The van der Waals surface area contributed by atoms with Crippen LogP contribution in [0.4, 0.5) is 0 Å². The third-order valence-corrected chi connectivity index (χ3v) is 4.59. The van der Waals surface area contributed by atoms with Gasteiger partial charge in [-0.3, -0.25) is 4.68 Å². The molecule has 1 heterocycles. The van der Waals surface area contributed by atoms with Crippen LogP contribution in [0.2, 0.25) is 5.02 Å². The Labute approximate surface area is 119 Å². The first-order chi connectivity index (χ1) is 8.24. The number of nitrogens with zero attached hydrogens (tertiary/aromatic N) is 2. The van der Waals surface area contributed by atoms with Crippen LogP contribution in [-0.4, -0.2) is 26.3 Å². The van der Waals surface area contributed by atoms with E-state index in [1.165, 1.54) is 0 Å². The Bertz CT molecular complexity index is 396. The summed E-state index contributed by atoms with van der Waals surface area (Å²) in [5.74, 6) is 0.938. The lowest BCUT2D eigenvalue weighted by molar-refractivity contribution is 0.593. The van der Waals surface area contributed by atoms with Gasteiger partial charge in [0.1, 0.15) is 0 Å². The molecule has 3 nitrogen and oxygen atoms in total. The monoisotopic (exact) mass is 289 g/mol. The maximum Gasteiger partial charge on any atom is 0.0847 e. The van der Waals surface area contributed by atoms with Gasteiger partial charge in [0.25, 0.3) is 0 Å². The highest BCUT2D eigenvalue weighted by atomic mass is 35.5. The second-order valence-electron chi connectivity index (χ2n) is 5.55. The van der Waals surface area contributed by atoms with Crippen LogP contribution in [0.3, 0.4) is 0 Å². The van der Waals surface area contributed by atoms with Crippen LogP contribution in [0.15, 0.2) is 0 Å². The van der Waals surface area contributed by atoms with Gasteiger partial charge in [0.15, 0.2) is 0 Å². The zero-order valence-corrected chi connectivity index (χ0v) is 13.5. The van der Waals surface area contributed by atoms with Crippen molar-refractivity contribution in [3.05, 3.63) is 16.4 Å². The number of aromatic nitrogens is 2. The molecule has 1 aromatic heterocycles. The van der Waals surface area contributed by atoms with E-state index in [0.717, 1.165) is 35.1 Å². The van der Waals surface area contributed by atoms with Crippen molar-refractivity contribution in [2.45, 2.75) is 58.4 Å². The van der Waals surface area contributed by atoms with E-state index in [0.29, 0.717) is 0 Å². The minimum Gasteiger partial charge on any atom is -0.327 e. The minimum atomic E-state index is 0.119. The van der Waals surface area contributed by atoms with Gasteiger partial charge >= 0.3 is 0 Å². The molecule has 1 atom stereocenters. The lowest BCUT2D eigenvalue weighted by atomic mass is 10.2. The summed E-state index contributed by atoms with van der Waals surface area (Å²) in [5.41, 5.74) is 8.16. The van der Waals surface area contributed by atoms with Crippen LogP contribution in [-0.2, 0) is 13.0 Å². The van der Waals surface area contributed by atoms with Crippen molar-refractivity contribution in [1.82, 2.24) is 9.78 Å². The van der Waals surface area contributed by atoms with Crippen molar-refractivity contribution in [3.63, 3.8) is 0 Å². The number of hydrogen-bond acceptors (Lipinski definition) is 3. The lowest BCUT2D eigenvalue weighted by Crippen LogP contribution is -2.29. The molecule has 0 bridgehead atoms. The zero-order valence-electron chi connectivity index (χ0n) is 12.0. The molecule has 1 aromatic rings. The molecular weight excluding hydrogens is 266 g/mol. The first-order valence-electron chi connectivity index (χ1n) is 6.36. The van der Waals surface area contributed by atoms with Crippen molar-refractivity contribution >= 4 is 23.4 Å². The van der Waals surface area contributed by atoms with Crippen molar-refractivity contribution in [3.8, 4) is 0 Å². The van der Waals surface area contributed by atoms with Crippen LogP contribution in [0.5, 0.6) is 0 Å². The van der Waals surface area contributed by atoms with E-state index in [4.69, 9.17) is 17.3 Å². The van der Waals surface area contributed by atoms with Gasteiger partial charge in [-0.1, -0.05) is 32.4 Å². The van der Waals surface area contributed by atoms with E-state index < -0.39 is 0 Å². The average Bonchev–Trinajstić information content (AvgIpc) is 2.53. The molecule has 2 N–H and O–H groups in total. The van der Waals surface area contributed by atoms with Gasteiger partial charge in [0.05, 0.1) is 16.4 Å². The molecular formula is C13H24ClN3S. The van der Waals surface area contributed by atoms with Gasteiger partial charge in [-0.2, -0.15) is 16.9 Å². The normalized spacial score (nSPS) is 13.9. The van der Waals surface area contributed by atoms with Crippen molar-refractivity contribution < 1.29 is 0 Å². The predicted molar refractivity (Wildman–Crippen MR) is 81.5 cm³/mol. The van der Waals surface area contributed by atoms with Crippen molar-refractivity contribution in [2.24, 2.45) is 5.73 Å². The van der Waals surface area contributed by atoms with Gasteiger partial charge in [-0.15, -0.1) is 0 Å². The molecule has 1 unspecified atom stereocenters. The van der Waals surface area contributed by atoms with Crippen molar-refractivity contribution in [1.29, 1.82) is 0 Å². The molecule has 18 heavy (non-hydrogen) atoms. The first kappa shape index (κ1) is 15.9. The van der Waals surface area contributed by atoms with Gasteiger partial charge in [-0.05, 0) is 13.8 Å². The van der Waals surface area contributed by atoms with Gasteiger partial charge in [0.2, 0.25) is 0 Å². The fourth-order valence-corrected chi connectivity index (χ4v) is 2.77. The maximum atomic E-state index is 6.28. The summed E-state index contributed by atoms with van der Waals surface area (Å²) in [6.07, 6.45) is 0.788. The molecule has 0 aromatic carbocycles. The second kappa shape index (κ2) is 6.31. The third kappa shape index (κ3) is 4.48. The SMILES string of the molecule is CCn1nc(C)c(Cl)c1CC(N)CSC(C)(C)C. The molecule has 0 saturated carbocycles. The summed E-state index contributed by atoms with van der Waals surface area (Å²) in [6.45, 7) is 11.5. The molecule has 0 fully saturated rings. The summed E-state index contributed by atoms with van der Waals surface area (Å²) in [5, 5.41) is 5.18. The quantitative estimate of drug-likeness (QED) is 0.905. The number of nitrogens with two attached hydrogens (primary N) is 1. The number of rotatable bonds is 5. The molecule has 0 aliphatic carbocycles. The molecule has 0 aliphatic heterocycles. The summed E-state index contributed by atoms with van der Waals surface area (Å²) in [4.78, 5) is 0. The molecule has 5 heteroatoms. The number of aryl methyl sites for hydroxylation is 2. The smallest absolute Gasteiger partial charge is 0.0847 e. The van der Waals surface area contributed by atoms with Gasteiger partial charge in [0, 0.05) is 29.5 Å². The Morgan fingerprint density at radius 3 is 2.56 bits per heavy atom. The van der Waals surface area contributed by atoms with Gasteiger partial charge in [-0.25, -0.2) is 0 Å². The summed E-state index contributed by atoms with van der Waals surface area (Å²) < 4.78 is 2.21. The van der Waals surface area contributed by atoms with E-state index in [-0.39, 0.29) is 10.8 Å². The highest BCUT2D eigenvalue weighted by molar-refractivity contribution is 8.00. The Morgan fingerprint density at radius 2 is 2.06 bits per heavy atom. The average molecular weight is 290 g/mol. The highest BCUT2D eigenvalue weighted by Gasteiger charge is 2.18. The summed E-state index contributed by atoms with van der Waals surface area (Å²) in [6, 6.07) is 0.119. The molecule has 1 rings (SSSR count). The van der Waals surface area contributed by atoms with Crippen LogP contribution in [0, 0.1) is 6.92 Å². The number of hydrogen-bond donors (Lipinski definition) is 1. The predicted octanol–water partition coefficient (Wildman–Crippen LogP) is 3.27. The summed E-state index contributed by atoms with van der Waals surface area (Å²) in [7, 11) is 0. The fourth-order valence-electron chi connectivity index (χ4n) is 1.73. The van der Waals surface area contributed by atoms with Crippen molar-refractivity contribution in [2.75, 3.05) is 5.75 Å². The van der Waals surface area contributed by atoms with Crippen LogP contribution in [0.1, 0.15) is 39.1 Å². The fraction of sp³-hybridized carbons (Fsp3) is 0.769. The number of thioether (sulfide) groups is 1. The van der Waals surface area contributed by atoms with Crippen LogP contribution < -0.4 is 5.73 Å². The standard InChI is InChI=1S/C13H24ClN3S/c1-6-17-11(12(14)9(2)16-17)7-10(15)8-18-13(3,4)5/h10H,6-8,15H2,1-5H3. The molecule has 0 radical (unpaired) electrons. The molecule has 0 aliphatic rings. The lowest BCUT2D eigenvalue weighted by Gasteiger charge is -2.20. The second-order valence-corrected chi connectivity index (χ2v) is 7.77. The first-order valence-corrected chi connectivity index (χ1v) is 7.72. The van der Waals surface area contributed by atoms with Gasteiger partial charge < -0.3 is 5.73 Å². The van der Waals surface area contributed by atoms with E-state index in [1.54, 1.807) is 0 Å². The van der Waals surface area contributed by atoms with E-state index >= 15 is 0 Å². The van der Waals surface area contributed by atoms with E-state index in [2.05, 4.69) is 32.8 Å². The maximum absolute atomic E-state index is 6.28. The highest BCUT2D eigenvalue weighted by Crippen LogP contribution is 2.26. The molecule has 0 saturated heterocycles. The van der Waals surface area contributed by atoms with Crippen LogP contribution in [0.25, 0.3) is 0 Å². The topological polar surface area (TPSA) is 43.8 Å². The Balaban J connectivity index is 2.67. The molecule has 104 valence electrons. The Hall–Kier alpha value is -0.190. The third-order valence-electron chi connectivity index (χ3n) is 2.64. The largest absolute Gasteiger partial charge is 0.327 e. The Kier molecular flexibility index (Phi) is 5.56. The molecule has 0 spiro atoms.